The molecule has 0 spiro atoms. The Morgan fingerprint density at radius 3 is 2.42 bits per heavy atom. The van der Waals surface area contributed by atoms with Crippen LogP contribution < -0.4 is 9.62 Å². The maximum atomic E-state index is 12.9. The zero-order valence-electron chi connectivity index (χ0n) is 15.2. The Morgan fingerprint density at radius 2 is 1.77 bits per heavy atom. The van der Waals surface area contributed by atoms with Crippen LogP contribution >= 0.6 is 0 Å². The van der Waals surface area contributed by atoms with Crippen LogP contribution in [-0.2, 0) is 14.8 Å². The number of sulfonamides is 1. The fraction of sp³-hybridized carbons (Fsp3) is 0.316. The summed E-state index contributed by atoms with van der Waals surface area (Å²) in [4.78, 5) is 12.6. The molecule has 0 heterocycles. The SMILES string of the molecule is COCCCNC(=O)c1ccccc1N(C)S(=O)(=O)c1ccc(C)cc1. The van der Waals surface area contributed by atoms with Gasteiger partial charge in [0.25, 0.3) is 15.9 Å². The predicted octanol–water partition coefficient (Wildman–Crippen LogP) is 2.59. The van der Waals surface area contributed by atoms with Crippen LogP contribution in [0.2, 0.25) is 0 Å². The molecule has 0 bridgehead atoms. The number of carbonyl (C=O) groups is 1. The number of anilines is 1. The summed E-state index contributed by atoms with van der Waals surface area (Å²) in [5.74, 6) is -0.317. The third-order valence-corrected chi connectivity index (χ3v) is 5.76. The molecule has 1 N–H and O–H groups in total. The molecule has 2 aromatic carbocycles. The van der Waals surface area contributed by atoms with Gasteiger partial charge in [-0.25, -0.2) is 8.42 Å². The Kier molecular flexibility index (Phi) is 6.76. The van der Waals surface area contributed by atoms with E-state index in [1.54, 1.807) is 55.6 Å². The van der Waals surface area contributed by atoms with Crippen molar-refractivity contribution in [3.63, 3.8) is 0 Å². The van der Waals surface area contributed by atoms with E-state index >= 15 is 0 Å². The van der Waals surface area contributed by atoms with Crippen LogP contribution in [0.25, 0.3) is 0 Å². The highest BCUT2D eigenvalue weighted by Crippen LogP contribution is 2.25. The number of ether oxygens (including phenoxy) is 1. The molecule has 7 heteroatoms. The molecule has 0 aliphatic heterocycles. The molecule has 0 aliphatic rings. The fourth-order valence-corrected chi connectivity index (χ4v) is 3.67. The lowest BCUT2D eigenvalue weighted by molar-refractivity contribution is 0.0949. The Bertz CT molecular complexity index is 848. The number of amides is 1. The van der Waals surface area contributed by atoms with Gasteiger partial charge in [0, 0.05) is 27.3 Å². The van der Waals surface area contributed by atoms with Gasteiger partial charge in [-0.05, 0) is 37.6 Å². The van der Waals surface area contributed by atoms with Gasteiger partial charge in [0.2, 0.25) is 0 Å². The molecular weight excluding hydrogens is 352 g/mol. The summed E-state index contributed by atoms with van der Waals surface area (Å²) >= 11 is 0. The number of rotatable bonds is 8. The number of para-hydroxylation sites is 1. The van der Waals surface area contributed by atoms with E-state index in [0.717, 1.165) is 9.87 Å². The van der Waals surface area contributed by atoms with Crippen molar-refractivity contribution in [3.8, 4) is 0 Å². The number of hydrogen-bond acceptors (Lipinski definition) is 4. The molecule has 0 fully saturated rings. The van der Waals surface area contributed by atoms with Crippen molar-refractivity contribution >= 4 is 21.6 Å². The zero-order chi connectivity index (χ0) is 19.2. The van der Waals surface area contributed by atoms with E-state index < -0.39 is 10.0 Å². The Balaban J connectivity index is 2.27. The molecule has 0 unspecified atom stereocenters. The fourth-order valence-electron chi connectivity index (χ4n) is 2.45. The van der Waals surface area contributed by atoms with E-state index in [2.05, 4.69) is 5.32 Å². The van der Waals surface area contributed by atoms with Crippen molar-refractivity contribution in [1.82, 2.24) is 5.32 Å². The third kappa shape index (κ3) is 4.62. The molecule has 0 aliphatic carbocycles. The second-order valence-electron chi connectivity index (χ2n) is 5.90. The highest BCUT2D eigenvalue weighted by atomic mass is 32.2. The quantitative estimate of drug-likeness (QED) is 0.719. The normalized spacial score (nSPS) is 11.2. The summed E-state index contributed by atoms with van der Waals surface area (Å²) in [5, 5.41) is 2.79. The maximum Gasteiger partial charge on any atom is 0.264 e. The maximum absolute atomic E-state index is 12.9. The minimum Gasteiger partial charge on any atom is -0.385 e. The Hall–Kier alpha value is -2.38. The summed E-state index contributed by atoms with van der Waals surface area (Å²) in [5.41, 5.74) is 1.61. The van der Waals surface area contributed by atoms with Crippen LogP contribution in [0.5, 0.6) is 0 Å². The van der Waals surface area contributed by atoms with Crippen LogP contribution in [0, 0.1) is 6.92 Å². The molecule has 0 aromatic heterocycles. The van der Waals surface area contributed by atoms with E-state index in [9.17, 15) is 13.2 Å². The summed E-state index contributed by atoms with van der Waals surface area (Å²) in [6.07, 6.45) is 0.682. The van der Waals surface area contributed by atoms with E-state index in [0.29, 0.717) is 30.8 Å². The van der Waals surface area contributed by atoms with Crippen molar-refractivity contribution in [3.05, 3.63) is 59.7 Å². The topological polar surface area (TPSA) is 75.7 Å². The highest BCUT2D eigenvalue weighted by Gasteiger charge is 2.24. The molecule has 140 valence electrons. The number of nitrogens with one attached hydrogen (secondary N) is 1. The lowest BCUT2D eigenvalue weighted by atomic mass is 10.1. The first-order valence-corrected chi connectivity index (χ1v) is 9.73. The Labute approximate surface area is 154 Å². The number of nitrogens with zero attached hydrogens (tertiary/aromatic N) is 1. The molecule has 0 radical (unpaired) electrons. The van der Waals surface area contributed by atoms with Gasteiger partial charge in [-0.1, -0.05) is 29.8 Å². The summed E-state index contributed by atoms with van der Waals surface area (Å²) in [7, 11) is -0.711. The summed E-state index contributed by atoms with van der Waals surface area (Å²) in [6.45, 7) is 2.89. The van der Waals surface area contributed by atoms with Crippen molar-refractivity contribution in [2.24, 2.45) is 0 Å². The molecule has 2 aromatic rings. The second kappa shape index (κ2) is 8.82. The number of methoxy groups -OCH3 is 1. The molecular formula is C19H24N2O4S. The van der Waals surface area contributed by atoms with Gasteiger partial charge in [-0.15, -0.1) is 0 Å². The average molecular weight is 376 g/mol. The highest BCUT2D eigenvalue weighted by molar-refractivity contribution is 7.92. The lowest BCUT2D eigenvalue weighted by Crippen LogP contribution is -2.31. The molecule has 0 atom stereocenters. The number of hydrogen-bond donors (Lipinski definition) is 1. The molecule has 0 saturated heterocycles. The summed E-state index contributed by atoms with van der Waals surface area (Å²) in [6, 6.07) is 13.3. The first-order chi connectivity index (χ1) is 12.4. The van der Waals surface area contributed by atoms with Gasteiger partial charge < -0.3 is 10.1 Å². The molecule has 6 nitrogen and oxygen atoms in total. The summed E-state index contributed by atoms with van der Waals surface area (Å²) < 4.78 is 31.9. The van der Waals surface area contributed by atoms with E-state index in [-0.39, 0.29) is 10.8 Å². The number of benzene rings is 2. The van der Waals surface area contributed by atoms with Crippen LogP contribution in [0.1, 0.15) is 22.3 Å². The standard InChI is InChI=1S/C19H24N2O4S/c1-15-9-11-16(12-10-15)26(23,24)21(2)18-8-5-4-7-17(18)19(22)20-13-6-14-25-3/h4-5,7-12H,6,13-14H2,1-3H3,(H,20,22). The van der Waals surface area contributed by atoms with Gasteiger partial charge in [-0.2, -0.15) is 0 Å². The van der Waals surface area contributed by atoms with Gasteiger partial charge in [-0.3, -0.25) is 9.10 Å². The van der Waals surface area contributed by atoms with Crippen LogP contribution in [0.4, 0.5) is 5.69 Å². The third-order valence-electron chi connectivity index (χ3n) is 3.98. The average Bonchev–Trinajstić information content (AvgIpc) is 2.64. The van der Waals surface area contributed by atoms with Crippen molar-refractivity contribution < 1.29 is 17.9 Å². The first-order valence-electron chi connectivity index (χ1n) is 8.29. The van der Waals surface area contributed by atoms with E-state index in [1.807, 2.05) is 6.92 Å². The monoisotopic (exact) mass is 376 g/mol. The Morgan fingerprint density at radius 1 is 1.12 bits per heavy atom. The minimum atomic E-state index is -3.76. The van der Waals surface area contributed by atoms with E-state index in [4.69, 9.17) is 4.74 Å². The minimum absolute atomic E-state index is 0.181. The molecule has 26 heavy (non-hydrogen) atoms. The first kappa shape index (κ1) is 19.9. The predicted molar refractivity (Wildman–Crippen MR) is 102 cm³/mol. The molecule has 1 amide bonds. The van der Waals surface area contributed by atoms with Crippen molar-refractivity contribution in [2.75, 3.05) is 31.6 Å². The van der Waals surface area contributed by atoms with Gasteiger partial charge >= 0.3 is 0 Å². The van der Waals surface area contributed by atoms with Crippen molar-refractivity contribution in [1.29, 1.82) is 0 Å². The largest absolute Gasteiger partial charge is 0.385 e. The van der Waals surface area contributed by atoms with Crippen LogP contribution in [-0.4, -0.2) is 41.6 Å². The molecule has 0 saturated carbocycles. The van der Waals surface area contributed by atoms with Gasteiger partial charge in [0.15, 0.2) is 0 Å². The molecule has 2 rings (SSSR count). The number of aryl methyl sites for hydroxylation is 1. The zero-order valence-corrected chi connectivity index (χ0v) is 16.0. The smallest absolute Gasteiger partial charge is 0.264 e. The second-order valence-corrected chi connectivity index (χ2v) is 7.87. The van der Waals surface area contributed by atoms with Crippen LogP contribution in [0.3, 0.4) is 0 Å². The van der Waals surface area contributed by atoms with Crippen molar-refractivity contribution in [2.45, 2.75) is 18.2 Å². The number of carbonyl (C=O) groups excluding carboxylic acids is 1. The van der Waals surface area contributed by atoms with Gasteiger partial charge in [0.05, 0.1) is 16.1 Å². The van der Waals surface area contributed by atoms with Crippen LogP contribution in [0.15, 0.2) is 53.4 Å². The van der Waals surface area contributed by atoms with Gasteiger partial charge in [0.1, 0.15) is 0 Å². The van der Waals surface area contributed by atoms with E-state index in [1.165, 1.54) is 7.05 Å². The lowest BCUT2D eigenvalue weighted by Gasteiger charge is -2.22.